The van der Waals surface area contributed by atoms with Crippen molar-refractivity contribution >= 4 is 23.0 Å². The molecule has 0 fully saturated rings. The fourth-order valence-corrected chi connectivity index (χ4v) is 1.64. The molecule has 2 rings (SSSR count). The van der Waals surface area contributed by atoms with Gasteiger partial charge >= 0.3 is 0 Å². The predicted molar refractivity (Wildman–Crippen MR) is 77.0 cm³/mol. The van der Waals surface area contributed by atoms with Gasteiger partial charge in [0.2, 0.25) is 0 Å². The predicted octanol–water partition coefficient (Wildman–Crippen LogP) is 3.24. The van der Waals surface area contributed by atoms with Crippen molar-refractivity contribution in [2.45, 2.75) is 6.61 Å². The lowest BCUT2D eigenvalue weighted by atomic mass is 10.2. The average Bonchev–Trinajstić information content (AvgIpc) is 2.43. The van der Waals surface area contributed by atoms with Gasteiger partial charge < -0.3 is 5.32 Å². The van der Waals surface area contributed by atoms with Gasteiger partial charge in [-0.15, -0.1) is 0 Å². The lowest BCUT2D eigenvalue weighted by molar-refractivity contribution is 0.0728. The molecule has 2 aromatic carbocycles. The topological polar surface area (TPSA) is 33.3 Å². The Morgan fingerprint density at radius 2 is 1.74 bits per heavy atom. The minimum atomic E-state index is -0.366. The zero-order valence-corrected chi connectivity index (χ0v) is 10.9. The molecule has 19 heavy (non-hydrogen) atoms. The monoisotopic (exact) mass is 276 g/mol. The van der Waals surface area contributed by atoms with Crippen molar-refractivity contribution in [3.8, 4) is 0 Å². The van der Waals surface area contributed by atoms with E-state index in [0.717, 1.165) is 5.56 Å². The maximum atomic E-state index is 13.3. The average molecular weight is 276 g/mol. The largest absolute Gasteiger partial charge is 0.329 e. The van der Waals surface area contributed by atoms with Crippen molar-refractivity contribution in [3.63, 3.8) is 0 Å². The molecule has 2 N–H and O–H groups in total. The Morgan fingerprint density at radius 1 is 1.05 bits per heavy atom. The minimum Gasteiger partial charge on any atom is -0.329 e. The van der Waals surface area contributed by atoms with E-state index in [1.165, 1.54) is 6.07 Å². The fraction of sp³-hybridized carbons (Fsp3) is 0.0714. The van der Waals surface area contributed by atoms with Crippen LogP contribution in [-0.2, 0) is 11.4 Å². The first-order valence-electron chi connectivity index (χ1n) is 5.73. The molecule has 0 radical (unpaired) electrons. The standard InChI is InChI=1S/C14H13FN2OS/c15-12-8-4-5-9-13(12)16-14(19)17-18-10-11-6-2-1-3-7-11/h1-9H,10H2,(H2,16,17,19). The van der Waals surface area contributed by atoms with Crippen LogP contribution in [0.25, 0.3) is 0 Å². The Labute approximate surface area is 116 Å². The molecule has 0 saturated heterocycles. The highest BCUT2D eigenvalue weighted by Gasteiger charge is 2.02. The summed E-state index contributed by atoms with van der Waals surface area (Å²) < 4.78 is 13.3. The number of rotatable bonds is 4. The molecule has 0 atom stereocenters. The smallest absolute Gasteiger partial charge is 0.195 e. The van der Waals surface area contributed by atoms with E-state index in [0.29, 0.717) is 12.3 Å². The number of halogens is 1. The molecule has 0 aliphatic heterocycles. The van der Waals surface area contributed by atoms with Crippen LogP contribution in [0.2, 0.25) is 0 Å². The molecule has 0 heterocycles. The van der Waals surface area contributed by atoms with Crippen LogP contribution in [0.3, 0.4) is 0 Å². The van der Waals surface area contributed by atoms with Gasteiger partial charge in [-0.25, -0.2) is 9.87 Å². The van der Waals surface area contributed by atoms with Crippen molar-refractivity contribution in [3.05, 3.63) is 66.0 Å². The van der Waals surface area contributed by atoms with E-state index in [1.54, 1.807) is 18.2 Å². The highest BCUT2D eigenvalue weighted by atomic mass is 32.1. The maximum Gasteiger partial charge on any atom is 0.195 e. The summed E-state index contributed by atoms with van der Waals surface area (Å²) in [6, 6.07) is 16.0. The summed E-state index contributed by atoms with van der Waals surface area (Å²) in [6.07, 6.45) is 0. The van der Waals surface area contributed by atoms with E-state index in [-0.39, 0.29) is 10.9 Å². The summed E-state index contributed by atoms with van der Waals surface area (Å²) in [4.78, 5) is 5.22. The molecular formula is C14H13FN2OS. The summed E-state index contributed by atoms with van der Waals surface area (Å²) in [5, 5.41) is 2.93. The Morgan fingerprint density at radius 3 is 2.47 bits per heavy atom. The molecule has 0 bridgehead atoms. The van der Waals surface area contributed by atoms with E-state index in [1.807, 2.05) is 30.3 Å². The van der Waals surface area contributed by atoms with Crippen molar-refractivity contribution in [2.24, 2.45) is 0 Å². The van der Waals surface area contributed by atoms with Crippen LogP contribution in [0.4, 0.5) is 10.1 Å². The summed E-state index contributed by atoms with van der Waals surface area (Å²) in [5.41, 5.74) is 3.89. The zero-order chi connectivity index (χ0) is 13.5. The molecule has 0 saturated carbocycles. The molecule has 0 spiro atoms. The lowest BCUT2D eigenvalue weighted by Gasteiger charge is -2.11. The Balaban J connectivity index is 1.78. The van der Waals surface area contributed by atoms with Crippen molar-refractivity contribution in [2.75, 3.05) is 5.32 Å². The molecule has 2 aromatic rings. The first-order valence-corrected chi connectivity index (χ1v) is 6.14. The normalized spacial score (nSPS) is 9.95. The third-order valence-electron chi connectivity index (χ3n) is 2.37. The van der Waals surface area contributed by atoms with Gasteiger partial charge in [-0.3, -0.25) is 4.84 Å². The van der Waals surface area contributed by atoms with Gasteiger partial charge in [-0.1, -0.05) is 42.5 Å². The minimum absolute atomic E-state index is 0.209. The molecule has 0 aliphatic carbocycles. The highest BCUT2D eigenvalue weighted by Crippen LogP contribution is 2.11. The number of anilines is 1. The second kappa shape index (κ2) is 6.82. The van der Waals surface area contributed by atoms with Crippen LogP contribution >= 0.6 is 12.2 Å². The highest BCUT2D eigenvalue weighted by molar-refractivity contribution is 7.80. The van der Waals surface area contributed by atoms with Gasteiger partial charge in [0, 0.05) is 0 Å². The third kappa shape index (κ3) is 4.31. The summed E-state index contributed by atoms with van der Waals surface area (Å²) >= 11 is 5.00. The van der Waals surface area contributed by atoms with Gasteiger partial charge in [-0.2, -0.15) is 0 Å². The van der Waals surface area contributed by atoms with Crippen molar-refractivity contribution in [1.82, 2.24) is 5.48 Å². The molecule has 0 aliphatic rings. The van der Waals surface area contributed by atoms with E-state index in [9.17, 15) is 4.39 Å². The van der Waals surface area contributed by atoms with E-state index in [4.69, 9.17) is 17.1 Å². The SMILES string of the molecule is Fc1ccccc1NC(=S)NOCc1ccccc1. The van der Waals surface area contributed by atoms with Crippen LogP contribution in [-0.4, -0.2) is 5.11 Å². The Kier molecular flexibility index (Phi) is 4.83. The maximum absolute atomic E-state index is 13.3. The summed E-state index contributed by atoms with van der Waals surface area (Å²) in [5.74, 6) is -0.366. The molecule has 5 heteroatoms. The number of benzene rings is 2. The Hall–Kier alpha value is -1.98. The van der Waals surface area contributed by atoms with Gasteiger partial charge in [0.25, 0.3) is 0 Å². The summed E-state index contributed by atoms with van der Waals surface area (Å²) in [6.45, 7) is 0.375. The first kappa shape index (κ1) is 13.5. The molecule has 0 aromatic heterocycles. The molecular weight excluding hydrogens is 263 g/mol. The molecule has 98 valence electrons. The van der Waals surface area contributed by atoms with Crippen LogP contribution < -0.4 is 10.8 Å². The van der Waals surface area contributed by atoms with Crippen LogP contribution in [0.1, 0.15) is 5.56 Å². The second-order valence-corrected chi connectivity index (χ2v) is 4.22. The van der Waals surface area contributed by atoms with Crippen molar-refractivity contribution in [1.29, 1.82) is 0 Å². The van der Waals surface area contributed by atoms with Crippen LogP contribution in [0.15, 0.2) is 54.6 Å². The Bertz CT molecular complexity index is 548. The lowest BCUT2D eigenvalue weighted by Crippen LogP contribution is -2.28. The quantitative estimate of drug-likeness (QED) is 0.663. The number of nitrogens with one attached hydrogen (secondary N) is 2. The zero-order valence-electron chi connectivity index (χ0n) is 10.1. The number of para-hydroxylation sites is 1. The van der Waals surface area contributed by atoms with E-state index in [2.05, 4.69) is 10.8 Å². The number of hydrogen-bond acceptors (Lipinski definition) is 2. The molecule has 3 nitrogen and oxygen atoms in total. The number of hydroxylamine groups is 1. The third-order valence-corrected chi connectivity index (χ3v) is 2.55. The number of thiocarbonyl (C=S) groups is 1. The molecule has 0 unspecified atom stereocenters. The van der Waals surface area contributed by atoms with E-state index >= 15 is 0 Å². The summed E-state index contributed by atoms with van der Waals surface area (Å²) in [7, 11) is 0. The van der Waals surface area contributed by atoms with Crippen LogP contribution in [0, 0.1) is 5.82 Å². The van der Waals surface area contributed by atoms with Crippen molar-refractivity contribution < 1.29 is 9.23 Å². The van der Waals surface area contributed by atoms with Gasteiger partial charge in [-0.05, 0) is 29.9 Å². The van der Waals surface area contributed by atoms with Gasteiger partial charge in [0.05, 0.1) is 12.3 Å². The van der Waals surface area contributed by atoms with Gasteiger partial charge in [0.15, 0.2) is 5.11 Å². The fourth-order valence-electron chi connectivity index (χ4n) is 1.47. The first-order chi connectivity index (χ1) is 9.25. The molecule has 0 amide bonds. The number of hydrogen-bond donors (Lipinski definition) is 2. The van der Waals surface area contributed by atoms with E-state index < -0.39 is 0 Å². The van der Waals surface area contributed by atoms with Crippen LogP contribution in [0.5, 0.6) is 0 Å². The van der Waals surface area contributed by atoms with Gasteiger partial charge in [0.1, 0.15) is 5.82 Å². The second-order valence-electron chi connectivity index (χ2n) is 3.81.